The predicted molar refractivity (Wildman–Crippen MR) is 67.7 cm³/mol. The zero-order valence-electron chi connectivity index (χ0n) is 9.47. The van der Waals surface area contributed by atoms with Crippen LogP contribution < -0.4 is 4.90 Å². The van der Waals surface area contributed by atoms with Gasteiger partial charge in [-0.25, -0.2) is 4.98 Å². The molecular formula is C11H12BrN5. The minimum absolute atomic E-state index is 0.759. The molecule has 0 radical (unpaired) electrons. The third kappa shape index (κ3) is 1.82. The van der Waals surface area contributed by atoms with Crippen molar-refractivity contribution in [2.24, 2.45) is 0 Å². The first kappa shape index (κ1) is 10.7. The van der Waals surface area contributed by atoms with E-state index in [-0.39, 0.29) is 0 Å². The molecule has 0 aliphatic carbocycles. The van der Waals surface area contributed by atoms with E-state index < -0.39 is 0 Å². The second kappa shape index (κ2) is 4.10. The summed E-state index contributed by atoms with van der Waals surface area (Å²) in [7, 11) is 0. The van der Waals surface area contributed by atoms with E-state index in [1.165, 1.54) is 5.56 Å². The number of halogens is 1. The van der Waals surface area contributed by atoms with Gasteiger partial charge in [-0.05, 0) is 34.5 Å². The highest BCUT2D eigenvalue weighted by Crippen LogP contribution is 2.28. The molecule has 0 fully saturated rings. The summed E-state index contributed by atoms with van der Waals surface area (Å²) in [6, 6.07) is 2.00. The zero-order chi connectivity index (χ0) is 11.8. The smallest absolute Gasteiger partial charge is 0.152 e. The molecule has 0 N–H and O–H groups in total. The van der Waals surface area contributed by atoms with E-state index in [2.05, 4.69) is 47.5 Å². The van der Waals surface area contributed by atoms with E-state index in [1.54, 1.807) is 6.33 Å². The number of nitrogens with zero attached hydrogens (tertiary/aromatic N) is 5. The van der Waals surface area contributed by atoms with E-state index in [4.69, 9.17) is 0 Å². The molecule has 0 aromatic carbocycles. The van der Waals surface area contributed by atoms with E-state index in [0.717, 1.165) is 35.7 Å². The average Bonchev–Trinajstić information content (AvgIpc) is 2.79. The third-order valence-electron chi connectivity index (χ3n) is 3.00. The minimum Gasteiger partial charge on any atom is -0.346 e. The number of aromatic nitrogens is 4. The Bertz CT molecular complexity index is 551. The quantitative estimate of drug-likeness (QED) is 0.804. The van der Waals surface area contributed by atoms with Crippen molar-refractivity contribution in [1.29, 1.82) is 0 Å². The van der Waals surface area contributed by atoms with Crippen LogP contribution in [-0.2, 0) is 13.1 Å². The van der Waals surface area contributed by atoms with Crippen LogP contribution >= 0.6 is 15.9 Å². The maximum Gasteiger partial charge on any atom is 0.152 e. The van der Waals surface area contributed by atoms with E-state index in [0.29, 0.717) is 0 Å². The Kier molecular flexibility index (Phi) is 2.58. The zero-order valence-corrected chi connectivity index (χ0v) is 11.1. The highest BCUT2D eigenvalue weighted by Gasteiger charge is 2.20. The van der Waals surface area contributed by atoms with Gasteiger partial charge in [-0.2, -0.15) is 0 Å². The van der Waals surface area contributed by atoms with Gasteiger partial charge in [0.15, 0.2) is 5.82 Å². The van der Waals surface area contributed by atoms with Gasteiger partial charge in [-0.1, -0.05) is 0 Å². The van der Waals surface area contributed by atoms with Crippen LogP contribution in [0.15, 0.2) is 23.1 Å². The van der Waals surface area contributed by atoms with Crippen molar-refractivity contribution in [3.63, 3.8) is 0 Å². The number of hydrogen-bond donors (Lipinski definition) is 0. The average molecular weight is 294 g/mol. The molecule has 0 bridgehead atoms. The second-order valence-electron chi connectivity index (χ2n) is 4.13. The summed E-state index contributed by atoms with van der Waals surface area (Å²) < 4.78 is 3.15. The Balaban J connectivity index is 1.94. The Morgan fingerprint density at radius 1 is 1.35 bits per heavy atom. The Labute approximate surface area is 108 Å². The summed E-state index contributed by atoms with van der Waals surface area (Å²) >= 11 is 3.60. The van der Waals surface area contributed by atoms with E-state index in [9.17, 15) is 0 Å². The molecule has 1 aliphatic heterocycles. The molecule has 17 heavy (non-hydrogen) atoms. The number of aryl methyl sites for hydroxylation is 1. The summed E-state index contributed by atoms with van der Waals surface area (Å²) in [4.78, 5) is 6.66. The molecule has 3 rings (SSSR count). The second-order valence-corrected chi connectivity index (χ2v) is 4.92. The SMILES string of the molecule is Cc1ccnc(N2CCn3cnnc3C2)c1Br. The van der Waals surface area contributed by atoms with Crippen LogP contribution in [0.5, 0.6) is 0 Å². The summed E-state index contributed by atoms with van der Waals surface area (Å²) in [6.07, 6.45) is 3.63. The number of anilines is 1. The molecule has 5 nitrogen and oxygen atoms in total. The van der Waals surface area contributed by atoms with Gasteiger partial charge >= 0.3 is 0 Å². The first-order valence-corrected chi connectivity index (χ1v) is 6.28. The molecule has 0 atom stereocenters. The van der Waals surface area contributed by atoms with Crippen molar-refractivity contribution in [2.45, 2.75) is 20.0 Å². The molecule has 0 saturated carbocycles. The first-order valence-electron chi connectivity index (χ1n) is 5.48. The fourth-order valence-corrected chi connectivity index (χ4v) is 2.48. The lowest BCUT2D eigenvalue weighted by Gasteiger charge is -2.29. The number of rotatable bonds is 1. The Hall–Kier alpha value is -1.43. The lowest BCUT2D eigenvalue weighted by molar-refractivity contribution is 0.555. The lowest BCUT2D eigenvalue weighted by atomic mass is 10.2. The molecule has 2 aromatic heterocycles. The first-order chi connectivity index (χ1) is 8.25. The fraction of sp³-hybridized carbons (Fsp3) is 0.364. The van der Waals surface area contributed by atoms with Crippen LogP contribution in [0, 0.1) is 6.92 Å². The van der Waals surface area contributed by atoms with Gasteiger partial charge in [0.1, 0.15) is 12.1 Å². The number of pyridine rings is 1. The van der Waals surface area contributed by atoms with Gasteiger partial charge in [0.05, 0.1) is 11.0 Å². The molecule has 6 heteroatoms. The molecule has 3 heterocycles. The lowest BCUT2D eigenvalue weighted by Crippen LogP contribution is -2.34. The molecule has 2 aromatic rings. The highest BCUT2D eigenvalue weighted by molar-refractivity contribution is 9.10. The topological polar surface area (TPSA) is 46.8 Å². The van der Waals surface area contributed by atoms with Crippen molar-refractivity contribution in [3.8, 4) is 0 Å². The number of fused-ring (bicyclic) bond motifs is 1. The Morgan fingerprint density at radius 3 is 3.12 bits per heavy atom. The summed E-state index contributed by atoms with van der Waals surface area (Å²) in [5, 5.41) is 8.04. The molecule has 0 saturated heterocycles. The van der Waals surface area contributed by atoms with E-state index >= 15 is 0 Å². The van der Waals surface area contributed by atoms with Crippen LogP contribution in [0.3, 0.4) is 0 Å². The van der Waals surface area contributed by atoms with Crippen molar-refractivity contribution >= 4 is 21.7 Å². The molecule has 0 unspecified atom stereocenters. The van der Waals surface area contributed by atoms with Crippen molar-refractivity contribution < 1.29 is 0 Å². The van der Waals surface area contributed by atoms with Gasteiger partial charge in [0.2, 0.25) is 0 Å². The molecule has 88 valence electrons. The highest BCUT2D eigenvalue weighted by atomic mass is 79.9. The summed E-state index contributed by atoms with van der Waals surface area (Å²) in [5.41, 5.74) is 1.20. The monoisotopic (exact) mass is 293 g/mol. The minimum atomic E-state index is 0.759. The van der Waals surface area contributed by atoms with Crippen LogP contribution in [-0.4, -0.2) is 26.3 Å². The standard InChI is InChI=1S/C11H12BrN5/c1-8-2-3-13-11(10(8)12)16-4-5-17-7-14-15-9(17)6-16/h2-3,7H,4-6H2,1H3. The van der Waals surface area contributed by atoms with Crippen LogP contribution in [0.4, 0.5) is 5.82 Å². The molecule has 0 amide bonds. The maximum atomic E-state index is 4.44. The van der Waals surface area contributed by atoms with Gasteiger partial charge in [0.25, 0.3) is 0 Å². The van der Waals surface area contributed by atoms with Crippen molar-refractivity contribution in [1.82, 2.24) is 19.7 Å². The van der Waals surface area contributed by atoms with Gasteiger partial charge in [0, 0.05) is 19.3 Å². The van der Waals surface area contributed by atoms with Gasteiger partial charge in [-0.3, -0.25) is 0 Å². The maximum absolute atomic E-state index is 4.44. The number of hydrogen-bond acceptors (Lipinski definition) is 4. The van der Waals surface area contributed by atoms with Crippen molar-refractivity contribution in [3.05, 3.63) is 34.5 Å². The molecule has 0 spiro atoms. The summed E-state index contributed by atoms with van der Waals surface area (Å²) in [5.74, 6) is 1.98. The Morgan fingerprint density at radius 2 is 2.24 bits per heavy atom. The fourth-order valence-electron chi connectivity index (χ4n) is 1.99. The van der Waals surface area contributed by atoms with Crippen LogP contribution in [0.1, 0.15) is 11.4 Å². The molecular weight excluding hydrogens is 282 g/mol. The van der Waals surface area contributed by atoms with Crippen molar-refractivity contribution in [2.75, 3.05) is 11.4 Å². The van der Waals surface area contributed by atoms with Gasteiger partial charge < -0.3 is 9.47 Å². The summed E-state index contributed by atoms with van der Waals surface area (Å²) in [6.45, 7) is 4.67. The van der Waals surface area contributed by atoms with Crippen LogP contribution in [0.25, 0.3) is 0 Å². The normalized spacial score (nSPS) is 14.8. The molecule has 1 aliphatic rings. The van der Waals surface area contributed by atoms with Gasteiger partial charge in [-0.15, -0.1) is 10.2 Å². The van der Waals surface area contributed by atoms with Crippen LogP contribution in [0.2, 0.25) is 0 Å². The van der Waals surface area contributed by atoms with E-state index in [1.807, 2.05) is 12.3 Å². The largest absolute Gasteiger partial charge is 0.346 e. The third-order valence-corrected chi connectivity index (χ3v) is 3.98. The predicted octanol–water partition coefficient (Wildman–Crippen LogP) is 1.76.